The summed E-state index contributed by atoms with van der Waals surface area (Å²) in [4.78, 5) is 28.8. The summed E-state index contributed by atoms with van der Waals surface area (Å²) < 4.78 is 10.8. The Morgan fingerprint density at radius 3 is 2.07 bits per heavy atom. The van der Waals surface area contributed by atoms with Gasteiger partial charge >= 0.3 is 0 Å². The Labute approximate surface area is 178 Å². The normalized spacial score (nSPS) is 13.8. The number of benzene rings is 2. The number of methoxy groups -OCH3 is 1. The molecule has 3 rings (SSSR count). The molecule has 2 amide bonds. The summed E-state index contributed by atoms with van der Waals surface area (Å²) in [7, 11) is 1.63. The third-order valence-electron chi connectivity index (χ3n) is 5.39. The van der Waals surface area contributed by atoms with Crippen LogP contribution in [-0.4, -0.2) is 61.5 Å². The van der Waals surface area contributed by atoms with Gasteiger partial charge in [-0.2, -0.15) is 0 Å². The van der Waals surface area contributed by atoms with Crippen LogP contribution in [0, 0.1) is 0 Å². The average molecular weight is 411 g/mol. The van der Waals surface area contributed by atoms with Crippen molar-refractivity contribution in [2.75, 3.05) is 39.9 Å². The van der Waals surface area contributed by atoms with E-state index in [9.17, 15) is 9.59 Å². The first-order valence-corrected chi connectivity index (χ1v) is 10.5. The molecule has 1 heterocycles. The van der Waals surface area contributed by atoms with Gasteiger partial charge in [0, 0.05) is 38.2 Å². The molecular weight excluding hydrogens is 380 g/mol. The highest BCUT2D eigenvalue weighted by molar-refractivity contribution is 5.94. The van der Waals surface area contributed by atoms with Crippen molar-refractivity contribution >= 4 is 11.8 Å². The van der Waals surface area contributed by atoms with Crippen molar-refractivity contribution in [3.05, 3.63) is 59.7 Å². The summed E-state index contributed by atoms with van der Waals surface area (Å²) in [6.07, 6.45) is 2.07. The fourth-order valence-corrected chi connectivity index (χ4v) is 3.47. The SMILES string of the molecule is CCc1ccc(C(=O)N2CCN(C(=O)CCCOc3ccc(OC)cc3)CC2)cc1. The molecule has 30 heavy (non-hydrogen) atoms. The maximum absolute atomic E-state index is 12.7. The third kappa shape index (κ3) is 5.75. The van der Waals surface area contributed by atoms with Gasteiger partial charge in [-0.1, -0.05) is 19.1 Å². The number of hydrogen-bond acceptors (Lipinski definition) is 4. The average Bonchev–Trinajstić information content (AvgIpc) is 2.81. The van der Waals surface area contributed by atoms with Crippen LogP contribution in [0.5, 0.6) is 11.5 Å². The molecule has 160 valence electrons. The lowest BCUT2D eigenvalue weighted by atomic mass is 10.1. The summed E-state index contributed by atoms with van der Waals surface area (Å²) in [5.41, 5.74) is 1.93. The third-order valence-corrected chi connectivity index (χ3v) is 5.39. The molecule has 1 fully saturated rings. The van der Waals surface area contributed by atoms with E-state index < -0.39 is 0 Å². The van der Waals surface area contributed by atoms with E-state index in [1.165, 1.54) is 5.56 Å². The molecule has 1 saturated heterocycles. The van der Waals surface area contributed by atoms with Crippen molar-refractivity contribution in [3.8, 4) is 11.5 Å². The Hall–Kier alpha value is -3.02. The molecule has 1 aliphatic heterocycles. The van der Waals surface area contributed by atoms with Crippen LogP contribution >= 0.6 is 0 Å². The first-order valence-electron chi connectivity index (χ1n) is 10.5. The number of aryl methyl sites for hydroxylation is 1. The van der Waals surface area contributed by atoms with E-state index in [4.69, 9.17) is 9.47 Å². The zero-order valence-electron chi connectivity index (χ0n) is 17.8. The second-order valence-corrected chi connectivity index (χ2v) is 7.35. The molecule has 6 heteroatoms. The van der Waals surface area contributed by atoms with Gasteiger partial charge in [0.1, 0.15) is 11.5 Å². The van der Waals surface area contributed by atoms with Crippen LogP contribution in [0.2, 0.25) is 0 Å². The van der Waals surface area contributed by atoms with Crippen LogP contribution in [0.1, 0.15) is 35.7 Å². The summed E-state index contributed by atoms with van der Waals surface area (Å²) >= 11 is 0. The maximum Gasteiger partial charge on any atom is 0.253 e. The van der Waals surface area contributed by atoms with Gasteiger partial charge in [0.2, 0.25) is 5.91 Å². The van der Waals surface area contributed by atoms with Gasteiger partial charge in [0.15, 0.2) is 0 Å². The molecule has 0 aromatic heterocycles. The second-order valence-electron chi connectivity index (χ2n) is 7.35. The Balaban J connectivity index is 1.37. The molecule has 0 saturated carbocycles. The van der Waals surface area contributed by atoms with E-state index in [-0.39, 0.29) is 11.8 Å². The maximum atomic E-state index is 12.7. The van der Waals surface area contributed by atoms with Crippen LogP contribution < -0.4 is 9.47 Å². The van der Waals surface area contributed by atoms with Crippen LogP contribution in [-0.2, 0) is 11.2 Å². The highest BCUT2D eigenvalue weighted by Gasteiger charge is 2.24. The van der Waals surface area contributed by atoms with E-state index in [0.29, 0.717) is 51.2 Å². The van der Waals surface area contributed by atoms with Crippen molar-refractivity contribution in [1.82, 2.24) is 9.80 Å². The van der Waals surface area contributed by atoms with E-state index in [1.54, 1.807) is 7.11 Å². The summed E-state index contributed by atoms with van der Waals surface area (Å²) in [5, 5.41) is 0. The summed E-state index contributed by atoms with van der Waals surface area (Å²) in [6.45, 7) is 4.89. The molecule has 2 aromatic rings. The largest absolute Gasteiger partial charge is 0.497 e. The van der Waals surface area contributed by atoms with Crippen LogP contribution in [0.4, 0.5) is 0 Å². The fourth-order valence-electron chi connectivity index (χ4n) is 3.47. The van der Waals surface area contributed by atoms with Crippen LogP contribution in [0.15, 0.2) is 48.5 Å². The zero-order chi connectivity index (χ0) is 21.3. The Morgan fingerprint density at radius 2 is 1.47 bits per heavy atom. The standard InChI is InChI=1S/C24H30N2O4/c1-3-19-6-8-20(9-7-19)24(28)26-16-14-25(15-17-26)23(27)5-4-18-30-22-12-10-21(29-2)11-13-22/h6-13H,3-5,14-18H2,1-2H3. The zero-order valence-corrected chi connectivity index (χ0v) is 17.8. The highest BCUT2D eigenvalue weighted by Crippen LogP contribution is 2.17. The molecule has 1 aliphatic rings. The van der Waals surface area contributed by atoms with Crippen molar-refractivity contribution in [2.45, 2.75) is 26.2 Å². The molecule has 6 nitrogen and oxygen atoms in total. The monoisotopic (exact) mass is 410 g/mol. The smallest absolute Gasteiger partial charge is 0.253 e. The predicted molar refractivity (Wildman–Crippen MR) is 116 cm³/mol. The lowest BCUT2D eigenvalue weighted by Gasteiger charge is -2.35. The van der Waals surface area contributed by atoms with Gasteiger partial charge in [-0.05, 0) is 54.8 Å². The number of carbonyl (C=O) groups is 2. The Bertz CT molecular complexity index is 825. The van der Waals surface area contributed by atoms with Crippen LogP contribution in [0.3, 0.4) is 0 Å². The van der Waals surface area contributed by atoms with Gasteiger partial charge < -0.3 is 19.3 Å². The van der Waals surface area contributed by atoms with Crippen molar-refractivity contribution in [2.24, 2.45) is 0 Å². The molecule has 0 unspecified atom stereocenters. The van der Waals surface area contributed by atoms with E-state index in [0.717, 1.165) is 17.9 Å². The Kier molecular flexibility index (Phi) is 7.71. The molecule has 0 atom stereocenters. The first kappa shape index (κ1) is 21.7. The topological polar surface area (TPSA) is 59.1 Å². The van der Waals surface area contributed by atoms with Gasteiger partial charge in [0.25, 0.3) is 5.91 Å². The first-order chi connectivity index (χ1) is 14.6. The van der Waals surface area contributed by atoms with Crippen LogP contribution in [0.25, 0.3) is 0 Å². The quantitative estimate of drug-likeness (QED) is 0.626. The minimum atomic E-state index is 0.0395. The molecule has 0 N–H and O–H groups in total. The molecule has 2 aromatic carbocycles. The lowest BCUT2D eigenvalue weighted by molar-refractivity contribution is -0.132. The number of carbonyl (C=O) groups excluding carboxylic acids is 2. The molecule has 0 radical (unpaired) electrons. The summed E-state index contributed by atoms with van der Waals surface area (Å²) in [6, 6.07) is 15.2. The number of nitrogens with zero attached hydrogens (tertiary/aromatic N) is 2. The predicted octanol–water partition coefficient (Wildman–Crippen LogP) is 3.40. The highest BCUT2D eigenvalue weighted by atomic mass is 16.5. The minimum absolute atomic E-state index is 0.0395. The minimum Gasteiger partial charge on any atom is -0.497 e. The number of amides is 2. The van der Waals surface area contributed by atoms with Crippen molar-refractivity contribution in [3.63, 3.8) is 0 Å². The fraction of sp³-hybridized carbons (Fsp3) is 0.417. The number of piperazine rings is 1. The molecule has 0 spiro atoms. The molecule has 0 bridgehead atoms. The van der Waals surface area contributed by atoms with Crippen molar-refractivity contribution < 1.29 is 19.1 Å². The lowest BCUT2D eigenvalue weighted by Crippen LogP contribution is -2.50. The van der Waals surface area contributed by atoms with E-state index >= 15 is 0 Å². The van der Waals surface area contributed by atoms with Gasteiger partial charge in [-0.25, -0.2) is 0 Å². The number of ether oxygens (including phenoxy) is 2. The molecule has 0 aliphatic carbocycles. The van der Waals surface area contributed by atoms with E-state index in [1.807, 2.05) is 58.3 Å². The molecular formula is C24H30N2O4. The van der Waals surface area contributed by atoms with E-state index in [2.05, 4.69) is 6.92 Å². The second kappa shape index (κ2) is 10.7. The van der Waals surface area contributed by atoms with Gasteiger partial charge in [0.05, 0.1) is 13.7 Å². The van der Waals surface area contributed by atoms with Gasteiger partial charge in [-0.3, -0.25) is 9.59 Å². The Morgan fingerprint density at radius 1 is 0.867 bits per heavy atom. The number of rotatable bonds is 8. The van der Waals surface area contributed by atoms with Gasteiger partial charge in [-0.15, -0.1) is 0 Å². The van der Waals surface area contributed by atoms with Crippen molar-refractivity contribution in [1.29, 1.82) is 0 Å². The number of hydrogen-bond donors (Lipinski definition) is 0. The summed E-state index contributed by atoms with van der Waals surface area (Å²) in [5.74, 6) is 1.71.